The Bertz CT molecular complexity index is 741. The number of aromatic nitrogens is 1. The molecule has 1 saturated heterocycles. The van der Waals surface area contributed by atoms with Gasteiger partial charge in [0.1, 0.15) is 11.5 Å². The van der Waals surface area contributed by atoms with Gasteiger partial charge in [0.15, 0.2) is 0 Å². The molecule has 0 atom stereocenters. The van der Waals surface area contributed by atoms with Crippen LogP contribution in [0.15, 0.2) is 42.5 Å². The van der Waals surface area contributed by atoms with E-state index in [0.29, 0.717) is 32.0 Å². The first-order valence-corrected chi connectivity index (χ1v) is 8.52. The molecule has 5 nitrogen and oxygen atoms in total. The van der Waals surface area contributed by atoms with Crippen LogP contribution in [-0.4, -0.2) is 48.6 Å². The van der Waals surface area contributed by atoms with E-state index in [1.165, 1.54) is 11.3 Å². The Kier molecular flexibility index (Phi) is 4.17. The molecule has 0 saturated carbocycles. The molecule has 24 heavy (non-hydrogen) atoms. The fourth-order valence-electron chi connectivity index (χ4n) is 3.39. The van der Waals surface area contributed by atoms with Gasteiger partial charge in [-0.2, -0.15) is 0 Å². The molecule has 1 aromatic heterocycles. The normalized spacial score (nSPS) is 17.5. The minimum atomic E-state index is -0.00885. The minimum absolute atomic E-state index is 0.00885. The summed E-state index contributed by atoms with van der Waals surface area (Å²) in [6.07, 6.45) is 2.19. The third-order valence-corrected chi connectivity index (χ3v) is 4.64. The number of anilines is 2. The molecular weight excluding hydrogens is 302 g/mol. The SMILES string of the molecule is O=C(c1cccc(N2CCCc3ccccc32)n1)N1CCOCC1. The molecule has 4 rings (SSSR count). The summed E-state index contributed by atoms with van der Waals surface area (Å²) in [5, 5.41) is 0. The van der Waals surface area contributed by atoms with E-state index in [1.807, 2.05) is 17.0 Å². The van der Waals surface area contributed by atoms with Gasteiger partial charge < -0.3 is 14.5 Å². The average molecular weight is 323 g/mol. The summed E-state index contributed by atoms with van der Waals surface area (Å²) in [4.78, 5) is 21.4. The van der Waals surface area contributed by atoms with Crippen LogP contribution in [0.1, 0.15) is 22.5 Å². The molecule has 0 spiro atoms. The molecule has 1 amide bonds. The van der Waals surface area contributed by atoms with E-state index in [0.717, 1.165) is 25.2 Å². The molecule has 0 aliphatic carbocycles. The summed E-state index contributed by atoms with van der Waals surface area (Å²) in [7, 11) is 0. The van der Waals surface area contributed by atoms with Crippen molar-refractivity contribution in [1.82, 2.24) is 9.88 Å². The van der Waals surface area contributed by atoms with Crippen molar-refractivity contribution in [1.29, 1.82) is 0 Å². The van der Waals surface area contributed by atoms with E-state index in [2.05, 4.69) is 34.1 Å². The van der Waals surface area contributed by atoms with Gasteiger partial charge in [-0.05, 0) is 36.6 Å². The molecule has 2 aromatic rings. The van der Waals surface area contributed by atoms with Crippen LogP contribution in [0, 0.1) is 0 Å². The lowest BCUT2D eigenvalue weighted by Crippen LogP contribution is -2.41. The van der Waals surface area contributed by atoms with Crippen LogP contribution in [-0.2, 0) is 11.2 Å². The van der Waals surface area contributed by atoms with Crippen molar-refractivity contribution in [3.05, 3.63) is 53.7 Å². The molecule has 124 valence electrons. The first kappa shape index (κ1) is 15.1. The monoisotopic (exact) mass is 323 g/mol. The van der Waals surface area contributed by atoms with E-state index >= 15 is 0 Å². The second-order valence-electron chi connectivity index (χ2n) is 6.17. The van der Waals surface area contributed by atoms with Gasteiger partial charge in [-0.3, -0.25) is 4.79 Å². The molecule has 0 unspecified atom stereocenters. The maximum Gasteiger partial charge on any atom is 0.272 e. The van der Waals surface area contributed by atoms with Gasteiger partial charge >= 0.3 is 0 Å². The standard InChI is InChI=1S/C19H21N3O2/c23-19(21-11-13-24-14-12-21)16-7-3-9-18(20-16)22-10-4-6-15-5-1-2-8-17(15)22/h1-3,5,7-9H,4,6,10-14H2. The van der Waals surface area contributed by atoms with Gasteiger partial charge in [0.05, 0.1) is 13.2 Å². The van der Waals surface area contributed by atoms with Gasteiger partial charge in [-0.25, -0.2) is 4.98 Å². The van der Waals surface area contributed by atoms with E-state index in [-0.39, 0.29) is 5.91 Å². The highest BCUT2D eigenvalue weighted by molar-refractivity contribution is 5.93. The number of aryl methyl sites for hydroxylation is 1. The molecular formula is C19H21N3O2. The third-order valence-electron chi connectivity index (χ3n) is 4.64. The van der Waals surface area contributed by atoms with Crippen molar-refractivity contribution >= 4 is 17.4 Å². The van der Waals surface area contributed by atoms with Crippen molar-refractivity contribution in [3.63, 3.8) is 0 Å². The number of carbonyl (C=O) groups excluding carboxylic acids is 1. The number of hydrogen-bond donors (Lipinski definition) is 0. The molecule has 0 bridgehead atoms. The molecule has 1 aromatic carbocycles. The molecule has 2 aliphatic heterocycles. The predicted molar refractivity (Wildman–Crippen MR) is 92.7 cm³/mol. The summed E-state index contributed by atoms with van der Waals surface area (Å²) in [6, 6.07) is 14.1. The number of hydrogen-bond acceptors (Lipinski definition) is 4. The number of fused-ring (bicyclic) bond motifs is 1. The second kappa shape index (κ2) is 6.61. The van der Waals surface area contributed by atoms with Crippen molar-refractivity contribution in [3.8, 4) is 0 Å². The van der Waals surface area contributed by atoms with Gasteiger partial charge in [-0.15, -0.1) is 0 Å². The number of benzene rings is 1. The lowest BCUT2D eigenvalue weighted by atomic mass is 10.0. The van der Waals surface area contributed by atoms with Crippen LogP contribution in [0.25, 0.3) is 0 Å². The maximum atomic E-state index is 12.7. The van der Waals surface area contributed by atoms with Crippen LogP contribution in [0.5, 0.6) is 0 Å². The summed E-state index contributed by atoms with van der Waals surface area (Å²) in [5.74, 6) is 0.840. The quantitative estimate of drug-likeness (QED) is 0.852. The van der Waals surface area contributed by atoms with Crippen molar-refractivity contribution in [2.75, 3.05) is 37.7 Å². The Hall–Kier alpha value is -2.40. The Morgan fingerprint density at radius 2 is 1.83 bits per heavy atom. The zero-order chi connectivity index (χ0) is 16.4. The van der Waals surface area contributed by atoms with E-state index in [4.69, 9.17) is 4.74 Å². The summed E-state index contributed by atoms with van der Waals surface area (Å²) in [5.41, 5.74) is 3.06. The number of rotatable bonds is 2. The Morgan fingerprint density at radius 3 is 2.71 bits per heavy atom. The number of pyridine rings is 1. The number of morpholine rings is 1. The number of carbonyl (C=O) groups is 1. The minimum Gasteiger partial charge on any atom is -0.378 e. The molecule has 0 N–H and O–H groups in total. The molecule has 3 heterocycles. The van der Waals surface area contributed by atoms with Gasteiger partial charge in [0.25, 0.3) is 5.91 Å². The Labute approximate surface area is 141 Å². The van der Waals surface area contributed by atoms with Crippen LogP contribution in [0.3, 0.4) is 0 Å². The Balaban J connectivity index is 1.62. The zero-order valence-corrected chi connectivity index (χ0v) is 13.6. The van der Waals surface area contributed by atoms with Crippen LogP contribution in [0.4, 0.5) is 11.5 Å². The summed E-state index contributed by atoms with van der Waals surface area (Å²) < 4.78 is 5.32. The third kappa shape index (κ3) is 2.87. The lowest BCUT2D eigenvalue weighted by Gasteiger charge is -2.31. The first-order chi connectivity index (χ1) is 11.8. The molecule has 5 heteroatoms. The number of amides is 1. The molecule has 1 fully saturated rings. The fraction of sp³-hybridized carbons (Fsp3) is 0.368. The van der Waals surface area contributed by atoms with E-state index in [9.17, 15) is 4.79 Å². The molecule has 0 radical (unpaired) electrons. The highest BCUT2D eigenvalue weighted by atomic mass is 16.5. The van der Waals surface area contributed by atoms with Gasteiger partial charge in [0, 0.05) is 25.3 Å². The maximum absolute atomic E-state index is 12.7. The van der Waals surface area contributed by atoms with E-state index in [1.54, 1.807) is 6.07 Å². The van der Waals surface area contributed by atoms with Crippen molar-refractivity contribution in [2.45, 2.75) is 12.8 Å². The van der Waals surface area contributed by atoms with E-state index < -0.39 is 0 Å². The fourth-order valence-corrected chi connectivity index (χ4v) is 3.39. The highest BCUT2D eigenvalue weighted by Crippen LogP contribution is 2.32. The second-order valence-corrected chi connectivity index (χ2v) is 6.17. The van der Waals surface area contributed by atoms with Crippen LogP contribution < -0.4 is 4.90 Å². The van der Waals surface area contributed by atoms with Crippen LogP contribution >= 0.6 is 0 Å². The number of ether oxygens (including phenoxy) is 1. The molecule has 2 aliphatic rings. The summed E-state index contributed by atoms with van der Waals surface area (Å²) in [6.45, 7) is 3.41. The number of nitrogens with zero attached hydrogens (tertiary/aromatic N) is 3. The van der Waals surface area contributed by atoms with Crippen molar-refractivity contribution in [2.24, 2.45) is 0 Å². The average Bonchev–Trinajstić information content (AvgIpc) is 2.68. The van der Waals surface area contributed by atoms with Gasteiger partial charge in [-0.1, -0.05) is 24.3 Å². The first-order valence-electron chi connectivity index (χ1n) is 8.52. The topological polar surface area (TPSA) is 45.7 Å². The van der Waals surface area contributed by atoms with Gasteiger partial charge in [0.2, 0.25) is 0 Å². The summed E-state index contributed by atoms with van der Waals surface area (Å²) >= 11 is 0. The number of para-hydroxylation sites is 1. The predicted octanol–water partition coefficient (Wildman–Crippen LogP) is 2.64. The smallest absolute Gasteiger partial charge is 0.272 e. The highest BCUT2D eigenvalue weighted by Gasteiger charge is 2.22. The van der Waals surface area contributed by atoms with Crippen LogP contribution in [0.2, 0.25) is 0 Å². The lowest BCUT2D eigenvalue weighted by molar-refractivity contribution is 0.0299. The zero-order valence-electron chi connectivity index (χ0n) is 13.6. The Morgan fingerprint density at radius 1 is 1.00 bits per heavy atom. The largest absolute Gasteiger partial charge is 0.378 e. The van der Waals surface area contributed by atoms with Crippen molar-refractivity contribution < 1.29 is 9.53 Å².